The first-order chi connectivity index (χ1) is 4.77. The minimum Gasteiger partial charge on any atom is -0.316 e. The van der Waals surface area contributed by atoms with E-state index < -0.39 is 5.67 Å². The van der Waals surface area contributed by atoms with Gasteiger partial charge in [-0.05, 0) is 25.9 Å². The van der Waals surface area contributed by atoms with Crippen molar-refractivity contribution in [3.05, 3.63) is 0 Å². The van der Waals surface area contributed by atoms with Gasteiger partial charge in [-0.1, -0.05) is 0 Å². The van der Waals surface area contributed by atoms with E-state index in [1.807, 2.05) is 6.07 Å². The highest BCUT2D eigenvalue weighted by atomic mass is 19.1. The molecule has 1 aliphatic rings. The van der Waals surface area contributed by atoms with Crippen molar-refractivity contribution in [1.29, 1.82) is 5.26 Å². The Morgan fingerprint density at radius 2 is 2.10 bits per heavy atom. The van der Waals surface area contributed by atoms with Crippen LogP contribution in [-0.2, 0) is 0 Å². The first-order valence-corrected chi connectivity index (χ1v) is 3.53. The highest BCUT2D eigenvalue weighted by Gasteiger charge is 2.30. The van der Waals surface area contributed by atoms with E-state index in [4.69, 9.17) is 5.26 Å². The molecular formula is C7H11FN2. The number of nitrogens with one attached hydrogen (secondary N) is 1. The maximum atomic E-state index is 13.3. The molecule has 0 aromatic carbocycles. The summed E-state index contributed by atoms with van der Waals surface area (Å²) in [6.07, 6.45) is 1.02. The smallest absolute Gasteiger partial charge is 0.126 e. The van der Waals surface area contributed by atoms with Crippen LogP contribution in [0.1, 0.15) is 19.3 Å². The third kappa shape index (κ3) is 1.68. The Bertz CT molecular complexity index is 144. The fourth-order valence-electron chi connectivity index (χ4n) is 1.19. The molecule has 56 valence electrons. The topological polar surface area (TPSA) is 35.8 Å². The molecule has 1 saturated heterocycles. The van der Waals surface area contributed by atoms with Crippen molar-refractivity contribution in [2.24, 2.45) is 0 Å². The summed E-state index contributed by atoms with van der Waals surface area (Å²) < 4.78 is 13.3. The Balaban J connectivity index is 2.42. The van der Waals surface area contributed by atoms with E-state index in [1.165, 1.54) is 0 Å². The molecule has 3 heteroatoms. The monoisotopic (exact) mass is 142 g/mol. The Labute approximate surface area is 60.0 Å². The molecule has 0 amide bonds. The van der Waals surface area contributed by atoms with E-state index in [2.05, 4.69) is 5.32 Å². The Morgan fingerprint density at radius 1 is 1.50 bits per heavy atom. The number of rotatable bonds is 1. The van der Waals surface area contributed by atoms with Crippen LogP contribution in [0.5, 0.6) is 0 Å². The standard InChI is InChI=1S/C7H11FN2/c8-7(1-4-9)2-5-10-6-3-7/h10H,1-3,5-6H2. The van der Waals surface area contributed by atoms with Gasteiger partial charge in [0.25, 0.3) is 0 Å². The lowest BCUT2D eigenvalue weighted by Crippen LogP contribution is -2.38. The summed E-state index contributed by atoms with van der Waals surface area (Å²) in [7, 11) is 0. The minimum absolute atomic E-state index is 0.0503. The molecule has 1 N–H and O–H groups in total. The van der Waals surface area contributed by atoms with Crippen molar-refractivity contribution in [2.75, 3.05) is 13.1 Å². The van der Waals surface area contributed by atoms with Gasteiger partial charge in [-0.3, -0.25) is 0 Å². The number of nitrogens with zero attached hydrogens (tertiary/aromatic N) is 1. The van der Waals surface area contributed by atoms with Gasteiger partial charge in [0.15, 0.2) is 0 Å². The molecule has 2 nitrogen and oxygen atoms in total. The van der Waals surface area contributed by atoms with Crippen LogP contribution in [-0.4, -0.2) is 18.8 Å². The van der Waals surface area contributed by atoms with E-state index >= 15 is 0 Å². The molecule has 0 atom stereocenters. The first kappa shape index (κ1) is 7.49. The molecule has 0 saturated carbocycles. The molecule has 0 radical (unpaired) electrons. The summed E-state index contributed by atoms with van der Waals surface area (Å²) in [5.41, 5.74) is -1.19. The molecule has 0 spiro atoms. The van der Waals surface area contributed by atoms with Gasteiger partial charge in [0.2, 0.25) is 0 Å². The maximum absolute atomic E-state index is 13.3. The quantitative estimate of drug-likeness (QED) is 0.592. The van der Waals surface area contributed by atoms with Crippen LogP contribution in [0.15, 0.2) is 0 Å². The molecule has 1 aliphatic heterocycles. The van der Waals surface area contributed by atoms with Gasteiger partial charge < -0.3 is 5.32 Å². The van der Waals surface area contributed by atoms with E-state index in [1.54, 1.807) is 0 Å². The molecule has 0 aromatic heterocycles. The zero-order chi connectivity index (χ0) is 7.45. The lowest BCUT2D eigenvalue weighted by atomic mass is 9.92. The van der Waals surface area contributed by atoms with Crippen molar-refractivity contribution in [1.82, 2.24) is 5.32 Å². The number of piperidine rings is 1. The average Bonchev–Trinajstić information content (AvgIpc) is 1.89. The molecular weight excluding hydrogens is 131 g/mol. The summed E-state index contributed by atoms with van der Waals surface area (Å²) in [4.78, 5) is 0. The van der Waals surface area contributed by atoms with E-state index in [0.29, 0.717) is 25.9 Å². The SMILES string of the molecule is N#CCC1(F)CCNCC1. The van der Waals surface area contributed by atoms with Gasteiger partial charge >= 0.3 is 0 Å². The summed E-state index contributed by atoms with van der Waals surface area (Å²) in [6.45, 7) is 1.41. The molecule has 10 heavy (non-hydrogen) atoms. The van der Waals surface area contributed by atoms with Crippen molar-refractivity contribution in [3.63, 3.8) is 0 Å². The first-order valence-electron chi connectivity index (χ1n) is 3.53. The number of hydrogen-bond acceptors (Lipinski definition) is 2. The van der Waals surface area contributed by atoms with E-state index in [-0.39, 0.29) is 6.42 Å². The summed E-state index contributed by atoms with van der Waals surface area (Å²) >= 11 is 0. The average molecular weight is 142 g/mol. The van der Waals surface area contributed by atoms with E-state index in [0.717, 1.165) is 0 Å². The van der Waals surface area contributed by atoms with Crippen LogP contribution in [0.25, 0.3) is 0 Å². The maximum Gasteiger partial charge on any atom is 0.126 e. The van der Waals surface area contributed by atoms with Gasteiger partial charge in [0, 0.05) is 0 Å². The highest BCUT2D eigenvalue weighted by Crippen LogP contribution is 2.25. The van der Waals surface area contributed by atoms with Gasteiger partial charge in [-0.25, -0.2) is 4.39 Å². The van der Waals surface area contributed by atoms with Crippen molar-refractivity contribution in [2.45, 2.75) is 24.9 Å². The third-order valence-corrected chi connectivity index (χ3v) is 1.90. The second kappa shape index (κ2) is 2.98. The van der Waals surface area contributed by atoms with E-state index in [9.17, 15) is 4.39 Å². The number of alkyl halides is 1. The van der Waals surface area contributed by atoms with Crippen LogP contribution in [0.2, 0.25) is 0 Å². The molecule has 0 unspecified atom stereocenters. The molecule has 1 fully saturated rings. The predicted octanol–water partition coefficient (Wildman–Crippen LogP) is 0.992. The molecule has 0 aromatic rings. The molecule has 1 heterocycles. The Kier molecular flexibility index (Phi) is 2.23. The summed E-state index contributed by atoms with van der Waals surface area (Å²) in [5, 5.41) is 11.3. The Hall–Kier alpha value is -0.620. The van der Waals surface area contributed by atoms with Crippen LogP contribution in [0, 0.1) is 11.3 Å². The van der Waals surface area contributed by atoms with Gasteiger partial charge in [-0.15, -0.1) is 0 Å². The number of halogens is 1. The summed E-state index contributed by atoms with van der Waals surface area (Å²) in [6, 6.07) is 1.88. The van der Waals surface area contributed by atoms with Gasteiger partial charge in [0.1, 0.15) is 5.67 Å². The second-order valence-corrected chi connectivity index (χ2v) is 2.74. The number of hydrogen-bond donors (Lipinski definition) is 1. The third-order valence-electron chi connectivity index (χ3n) is 1.90. The minimum atomic E-state index is -1.19. The lowest BCUT2D eigenvalue weighted by Gasteiger charge is -2.27. The predicted molar refractivity (Wildman–Crippen MR) is 36.2 cm³/mol. The normalized spacial score (nSPS) is 23.6. The largest absolute Gasteiger partial charge is 0.316 e. The van der Waals surface area contributed by atoms with Crippen molar-refractivity contribution < 1.29 is 4.39 Å². The molecule has 1 rings (SSSR count). The van der Waals surface area contributed by atoms with Crippen LogP contribution < -0.4 is 5.32 Å². The molecule has 0 aliphatic carbocycles. The lowest BCUT2D eigenvalue weighted by molar-refractivity contribution is 0.121. The van der Waals surface area contributed by atoms with Crippen LogP contribution >= 0.6 is 0 Å². The fourth-order valence-corrected chi connectivity index (χ4v) is 1.19. The van der Waals surface area contributed by atoms with Crippen molar-refractivity contribution in [3.8, 4) is 6.07 Å². The molecule has 0 bridgehead atoms. The van der Waals surface area contributed by atoms with Crippen LogP contribution in [0.4, 0.5) is 4.39 Å². The van der Waals surface area contributed by atoms with Crippen LogP contribution in [0.3, 0.4) is 0 Å². The fraction of sp³-hybridized carbons (Fsp3) is 0.857. The van der Waals surface area contributed by atoms with Gasteiger partial charge in [-0.2, -0.15) is 5.26 Å². The highest BCUT2D eigenvalue weighted by molar-refractivity contribution is 4.92. The zero-order valence-electron chi connectivity index (χ0n) is 5.86. The summed E-state index contributed by atoms with van der Waals surface area (Å²) in [5.74, 6) is 0. The second-order valence-electron chi connectivity index (χ2n) is 2.74. The Morgan fingerprint density at radius 3 is 2.60 bits per heavy atom. The van der Waals surface area contributed by atoms with Gasteiger partial charge in [0.05, 0.1) is 12.5 Å². The van der Waals surface area contributed by atoms with Crippen molar-refractivity contribution >= 4 is 0 Å². The zero-order valence-corrected chi connectivity index (χ0v) is 5.86. The number of nitriles is 1.